The standard InChI is InChI=1S/C5H7N2O2/c1-8-4-3-5(7-6)9-2/h4H,1-2H3/q+1. The highest BCUT2D eigenvalue weighted by Gasteiger charge is 2.04. The van der Waals surface area contributed by atoms with Crippen LogP contribution in [0.4, 0.5) is 0 Å². The lowest BCUT2D eigenvalue weighted by atomic mass is 10.8. The maximum atomic E-state index is 8.08. The molecule has 9 heavy (non-hydrogen) atoms. The van der Waals surface area contributed by atoms with Gasteiger partial charge in [0.15, 0.2) is 0 Å². The van der Waals surface area contributed by atoms with E-state index in [-0.39, 0.29) is 5.88 Å². The van der Waals surface area contributed by atoms with Crippen LogP contribution in [-0.4, -0.2) is 14.2 Å². The van der Waals surface area contributed by atoms with Gasteiger partial charge in [-0.25, -0.2) is 0 Å². The summed E-state index contributed by atoms with van der Waals surface area (Å²) < 4.78 is 8.95. The van der Waals surface area contributed by atoms with Crippen LogP contribution in [0.3, 0.4) is 0 Å². The van der Waals surface area contributed by atoms with Crippen molar-refractivity contribution in [1.29, 1.82) is 5.39 Å². The lowest BCUT2D eigenvalue weighted by Gasteiger charge is -1.77. The first kappa shape index (κ1) is 7.54. The first-order valence-electron chi connectivity index (χ1n) is 2.22. The summed E-state index contributed by atoms with van der Waals surface area (Å²) in [6.45, 7) is 0. The second-order valence-corrected chi connectivity index (χ2v) is 1.11. The zero-order chi connectivity index (χ0) is 7.11. The molecule has 4 nitrogen and oxygen atoms in total. The lowest BCUT2D eigenvalue weighted by Crippen LogP contribution is -1.74. The predicted molar refractivity (Wildman–Crippen MR) is 30.7 cm³/mol. The van der Waals surface area contributed by atoms with E-state index in [1.165, 1.54) is 20.5 Å². The van der Waals surface area contributed by atoms with E-state index in [9.17, 15) is 0 Å². The minimum absolute atomic E-state index is 0.0168. The monoisotopic (exact) mass is 127 g/mol. The molecular weight excluding hydrogens is 120 g/mol. The van der Waals surface area contributed by atoms with Crippen molar-refractivity contribution in [3.05, 3.63) is 22.9 Å². The molecule has 0 saturated carbocycles. The molecule has 0 bridgehead atoms. The Morgan fingerprint density at radius 2 is 2.33 bits per heavy atom. The van der Waals surface area contributed by atoms with Gasteiger partial charge in [0.2, 0.25) is 10.4 Å². The third-order valence-electron chi connectivity index (χ3n) is 0.584. The summed E-state index contributed by atoms with van der Waals surface area (Å²) in [6, 6.07) is 0. The molecule has 0 heterocycles. The van der Waals surface area contributed by atoms with Gasteiger partial charge >= 0.3 is 5.88 Å². The van der Waals surface area contributed by atoms with E-state index >= 15 is 0 Å². The van der Waals surface area contributed by atoms with Gasteiger partial charge < -0.3 is 9.47 Å². The quantitative estimate of drug-likeness (QED) is 0.317. The van der Waals surface area contributed by atoms with E-state index in [1.54, 1.807) is 0 Å². The molecule has 0 aliphatic rings. The summed E-state index contributed by atoms with van der Waals surface area (Å²) in [5.74, 6) is -0.0168. The van der Waals surface area contributed by atoms with Gasteiger partial charge in [-0.1, -0.05) is 0 Å². The van der Waals surface area contributed by atoms with Crippen molar-refractivity contribution in [3.8, 4) is 0 Å². The maximum absolute atomic E-state index is 8.08. The van der Waals surface area contributed by atoms with Crippen LogP contribution < -0.4 is 0 Å². The van der Waals surface area contributed by atoms with Crippen molar-refractivity contribution >= 4 is 0 Å². The number of diazo groups is 1. The molecule has 0 amide bonds. The molecule has 48 valence electrons. The van der Waals surface area contributed by atoms with Gasteiger partial charge in [-0.3, -0.25) is 0 Å². The molecule has 0 aliphatic heterocycles. The van der Waals surface area contributed by atoms with Gasteiger partial charge in [0.1, 0.15) is 6.26 Å². The molecule has 0 fully saturated rings. The Morgan fingerprint density at radius 1 is 1.67 bits per heavy atom. The SMILES string of the molecule is COC=C=C([N+]#N)OC. The minimum atomic E-state index is -0.0168. The average molecular weight is 127 g/mol. The third kappa shape index (κ3) is 3.15. The summed E-state index contributed by atoms with van der Waals surface area (Å²) in [4.78, 5) is 2.72. The van der Waals surface area contributed by atoms with Gasteiger partial charge in [-0.2, -0.15) is 0 Å². The van der Waals surface area contributed by atoms with Gasteiger partial charge in [0.05, 0.1) is 20.0 Å². The van der Waals surface area contributed by atoms with Crippen molar-refractivity contribution in [2.45, 2.75) is 0 Å². The molecular formula is C5H7N2O2+. The topological polar surface area (TPSA) is 46.6 Å². The molecule has 0 saturated heterocycles. The molecule has 4 heteroatoms. The number of hydrogen-bond donors (Lipinski definition) is 0. The summed E-state index contributed by atoms with van der Waals surface area (Å²) in [6.07, 6.45) is 1.22. The molecule has 0 aromatic rings. The van der Waals surface area contributed by atoms with Crippen molar-refractivity contribution in [2.75, 3.05) is 14.2 Å². The maximum Gasteiger partial charge on any atom is 0.595 e. The van der Waals surface area contributed by atoms with Gasteiger partial charge in [-0.05, 0) is 0 Å². The first-order chi connectivity index (χ1) is 4.35. The number of hydrogen-bond acceptors (Lipinski definition) is 3. The van der Waals surface area contributed by atoms with E-state index in [0.29, 0.717) is 0 Å². The smallest absolute Gasteiger partial charge is 0.496 e. The lowest BCUT2D eigenvalue weighted by molar-refractivity contribution is 0.300. The van der Waals surface area contributed by atoms with Crippen LogP contribution in [0.1, 0.15) is 0 Å². The zero-order valence-electron chi connectivity index (χ0n) is 5.29. The fourth-order valence-electron chi connectivity index (χ4n) is 0.238. The van der Waals surface area contributed by atoms with Crippen LogP contribution in [0.15, 0.2) is 17.9 Å². The fourth-order valence-corrected chi connectivity index (χ4v) is 0.238. The second-order valence-electron chi connectivity index (χ2n) is 1.11. The van der Waals surface area contributed by atoms with Crippen molar-refractivity contribution in [3.63, 3.8) is 0 Å². The van der Waals surface area contributed by atoms with Crippen molar-refractivity contribution in [2.24, 2.45) is 0 Å². The zero-order valence-corrected chi connectivity index (χ0v) is 5.29. The number of nitrogens with zero attached hydrogens (tertiary/aromatic N) is 2. The Balaban J connectivity index is 4.11. The molecule has 0 aliphatic carbocycles. The van der Waals surface area contributed by atoms with Crippen LogP contribution in [0.2, 0.25) is 0 Å². The Labute approximate surface area is 53.0 Å². The van der Waals surface area contributed by atoms with Crippen molar-refractivity contribution < 1.29 is 9.47 Å². The molecule has 0 radical (unpaired) electrons. The highest BCUT2D eigenvalue weighted by molar-refractivity contribution is 4.97. The first-order valence-corrected chi connectivity index (χ1v) is 2.22. The summed E-state index contributed by atoms with van der Waals surface area (Å²) in [5, 5.41) is 8.08. The van der Waals surface area contributed by atoms with Crippen LogP contribution in [0, 0.1) is 5.39 Å². The summed E-state index contributed by atoms with van der Waals surface area (Å²) >= 11 is 0. The number of ether oxygens (including phenoxy) is 2. The van der Waals surface area contributed by atoms with Crippen LogP contribution in [0.5, 0.6) is 0 Å². The second kappa shape index (κ2) is 4.69. The van der Waals surface area contributed by atoms with E-state index in [0.717, 1.165) is 0 Å². The van der Waals surface area contributed by atoms with E-state index in [4.69, 9.17) is 5.39 Å². The minimum Gasteiger partial charge on any atom is -0.496 e. The van der Waals surface area contributed by atoms with Gasteiger partial charge in [-0.15, -0.1) is 0 Å². The molecule has 0 aromatic heterocycles. The molecule has 0 rings (SSSR count). The van der Waals surface area contributed by atoms with Crippen LogP contribution in [0.25, 0.3) is 4.98 Å². The molecule has 0 aromatic carbocycles. The Kier molecular flexibility index (Phi) is 3.93. The summed E-state index contributed by atoms with van der Waals surface area (Å²) in [7, 11) is 2.82. The van der Waals surface area contributed by atoms with Crippen LogP contribution in [-0.2, 0) is 9.47 Å². The number of rotatable bonds is 2. The molecule has 0 N–H and O–H groups in total. The van der Waals surface area contributed by atoms with E-state index < -0.39 is 0 Å². The normalized spacial score (nSPS) is 6.33. The number of methoxy groups -OCH3 is 2. The fraction of sp³-hybridized carbons (Fsp3) is 0.400. The largest absolute Gasteiger partial charge is 0.595 e. The molecule has 0 atom stereocenters. The van der Waals surface area contributed by atoms with Crippen LogP contribution >= 0.6 is 0 Å². The Bertz CT molecular complexity index is 174. The van der Waals surface area contributed by atoms with Gasteiger partial charge in [0, 0.05) is 0 Å². The average Bonchev–Trinajstić information content (AvgIpc) is 1.91. The summed E-state index contributed by atoms with van der Waals surface area (Å²) in [5.41, 5.74) is 2.40. The van der Waals surface area contributed by atoms with Gasteiger partial charge in [0.25, 0.3) is 0 Å². The highest BCUT2D eigenvalue weighted by atomic mass is 16.5. The van der Waals surface area contributed by atoms with E-state index in [1.807, 2.05) is 0 Å². The van der Waals surface area contributed by atoms with Crippen molar-refractivity contribution in [1.82, 2.24) is 0 Å². The van der Waals surface area contributed by atoms with E-state index in [2.05, 4.69) is 20.2 Å². The Hall–Kier alpha value is -1.46. The molecule has 0 spiro atoms. The highest BCUT2D eigenvalue weighted by Crippen LogP contribution is 1.91. The Morgan fingerprint density at radius 3 is 2.67 bits per heavy atom. The molecule has 0 unspecified atom stereocenters. The predicted octanol–water partition coefficient (Wildman–Crippen LogP) is 1.09. The third-order valence-corrected chi connectivity index (χ3v) is 0.584.